The van der Waals surface area contributed by atoms with Crippen molar-refractivity contribution in [2.24, 2.45) is 0 Å². The van der Waals surface area contributed by atoms with Gasteiger partial charge in [-0.1, -0.05) is 19.9 Å². The zero-order valence-electron chi connectivity index (χ0n) is 14.7. The molecule has 2 rings (SSSR count). The molecular weight excluding hydrogens is 324 g/mol. The minimum Gasteiger partial charge on any atom is -0.493 e. The Labute approximate surface area is 147 Å². The van der Waals surface area contributed by atoms with Crippen LogP contribution >= 0.6 is 11.3 Å². The van der Waals surface area contributed by atoms with Crippen LogP contribution in [0.3, 0.4) is 0 Å². The van der Waals surface area contributed by atoms with E-state index in [4.69, 9.17) is 14.6 Å². The molecule has 1 atom stereocenters. The third kappa shape index (κ3) is 4.93. The average Bonchev–Trinajstić information content (AvgIpc) is 3.07. The number of hydrogen-bond donors (Lipinski definition) is 2. The maximum absolute atomic E-state index is 8.87. The number of aliphatic hydroxyl groups is 1. The molecule has 0 aliphatic rings. The van der Waals surface area contributed by atoms with Gasteiger partial charge in [0.15, 0.2) is 11.5 Å². The predicted molar refractivity (Wildman–Crippen MR) is 97.0 cm³/mol. The van der Waals surface area contributed by atoms with E-state index in [1.54, 1.807) is 18.4 Å². The van der Waals surface area contributed by atoms with E-state index in [1.165, 1.54) is 5.01 Å². The fraction of sp³-hybridized carbons (Fsp3) is 0.500. The maximum atomic E-state index is 8.87. The predicted octanol–water partition coefficient (Wildman–Crippen LogP) is 3.50. The second-order valence-corrected chi connectivity index (χ2v) is 6.81. The van der Waals surface area contributed by atoms with E-state index < -0.39 is 0 Å². The molecule has 1 heterocycles. The summed E-state index contributed by atoms with van der Waals surface area (Å²) in [4.78, 5) is 4.64. The molecule has 5 nitrogen and oxygen atoms in total. The van der Waals surface area contributed by atoms with Crippen molar-refractivity contribution in [1.29, 1.82) is 0 Å². The fourth-order valence-electron chi connectivity index (χ4n) is 2.27. The summed E-state index contributed by atoms with van der Waals surface area (Å²) in [5.74, 6) is 1.78. The summed E-state index contributed by atoms with van der Waals surface area (Å²) < 4.78 is 10.8. The number of thiazole rings is 1. The first kappa shape index (κ1) is 18.7. The van der Waals surface area contributed by atoms with Gasteiger partial charge in [-0.05, 0) is 24.6 Å². The molecule has 0 fully saturated rings. The Bertz CT molecular complexity index is 643. The van der Waals surface area contributed by atoms with E-state index in [2.05, 4.69) is 36.5 Å². The van der Waals surface area contributed by atoms with E-state index in [1.807, 2.05) is 18.2 Å². The molecule has 1 aromatic heterocycles. The Hall–Kier alpha value is -1.63. The second-order valence-electron chi connectivity index (χ2n) is 5.92. The van der Waals surface area contributed by atoms with Crippen LogP contribution in [0, 0.1) is 0 Å². The molecule has 6 heteroatoms. The largest absolute Gasteiger partial charge is 0.493 e. The highest BCUT2D eigenvalue weighted by Gasteiger charge is 2.12. The molecule has 24 heavy (non-hydrogen) atoms. The van der Waals surface area contributed by atoms with E-state index in [9.17, 15) is 0 Å². The van der Waals surface area contributed by atoms with E-state index in [0.717, 1.165) is 17.8 Å². The number of aliphatic hydroxyl groups excluding tert-OH is 1. The Balaban J connectivity index is 1.99. The van der Waals surface area contributed by atoms with Crippen molar-refractivity contribution < 1.29 is 14.6 Å². The lowest BCUT2D eigenvalue weighted by molar-refractivity contribution is 0.196. The van der Waals surface area contributed by atoms with Crippen molar-refractivity contribution in [3.63, 3.8) is 0 Å². The molecular formula is C18H26N2O3S. The molecule has 0 radical (unpaired) electrons. The number of rotatable bonds is 9. The first-order valence-corrected chi connectivity index (χ1v) is 9.02. The van der Waals surface area contributed by atoms with Gasteiger partial charge in [0.2, 0.25) is 0 Å². The van der Waals surface area contributed by atoms with Gasteiger partial charge in [0.25, 0.3) is 0 Å². The van der Waals surface area contributed by atoms with Crippen LogP contribution in [0.5, 0.6) is 11.5 Å². The van der Waals surface area contributed by atoms with E-state index >= 15 is 0 Å². The zero-order valence-corrected chi connectivity index (χ0v) is 15.5. The molecule has 1 aromatic carbocycles. The average molecular weight is 350 g/mol. The van der Waals surface area contributed by atoms with Crippen LogP contribution in [0.1, 0.15) is 49.0 Å². The van der Waals surface area contributed by atoms with E-state index in [0.29, 0.717) is 17.4 Å². The van der Waals surface area contributed by atoms with Crippen LogP contribution in [0.15, 0.2) is 23.6 Å². The van der Waals surface area contributed by atoms with Crippen molar-refractivity contribution in [2.45, 2.75) is 39.3 Å². The normalized spacial score (nSPS) is 12.4. The summed E-state index contributed by atoms with van der Waals surface area (Å²) in [6.07, 6.45) is 0. The molecule has 2 N–H and O–H groups in total. The van der Waals surface area contributed by atoms with Crippen LogP contribution < -0.4 is 14.8 Å². The summed E-state index contributed by atoms with van der Waals surface area (Å²) in [5, 5.41) is 15.6. The summed E-state index contributed by atoms with van der Waals surface area (Å²) >= 11 is 1.71. The van der Waals surface area contributed by atoms with Gasteiger partial charge >= 0.3 is 0 Å². The van der Waals surface area contributed by atoms with Crippen molar-refractivity contribution in [1.82, 2.24) is 10.3 Å². The summed E-state index contributed by atoms with van der Waals surface area (Å²) in [5.41, 5.74) is 2.19. The first-order valence-electron chi connectivity index (χ1n) is 8.14. The van der Waals surface area contributed by atoms with Crippen LogP contribution in [0.25, 0.3) is 0 Å². The van der Waals surface area contributed by atoms with E-state index in [-0.39, 0.29) is 19.3 Å². The number of benzene rings is 1. The fourth-order valence-corrected chi connectivity index (χ4v) is 3.11. The third-order valence-electron chi connectivity index (χ3n) is 3.69. The molecule has 1 unspecified atom stereocenters. The van der Waals surface area contributed by atoms with Gasteiger partial charge in [-0.2, -0.15) is 0 Å². The molecule has 0 saturated heterocycles. The lowest BCUT2D eigenvalue weighted by Gasteiger charge is -2.16. The molecule has 0 aliphatic heterocycles. The smallest absolute Gasteiger partial charge is 0.161 e. The first-order chi connectivity index (χ1) is 11.5. The number of hydrogen-bond acceptors (Lipinski definition) is 6. The Morgan fingerprint density at radius 3 is 2.67 bits per heavy atom. The topological polar surface area (TPSA) is 63.6 Å². The van der Waals surface area contributed by atoms with Gasteiger partial charge < -0.3 is 19.9 Å². The third-order valence-corrected chi connectivity index (χ3v) is 4.88. The van der Waals surface area contributed by atoms with Gasteiger partial charge in [-0.25, -0.2) is 4.98 Å². The molecule has 0 bridgehead atoms. The lowest BCUT2D eigenvalue weighted by atomic mass is 10.1. The number of methoxy groups -OCH3 is 1. The Morgan fingerprint density at radius 1 is 1.25 bits per heavy atom. The summed E-state index contributed by atoms with van der Waals surface area (Å²) in [6, 6.07) is 6.01. The maximum Gasteiger partial charge on any atom is 0.161 e. The monoisotopic (exact) mass is 350 g/mol. The van der Waals surface area contributed by atoms with Gasteiger partial charge in [0.05, 0.1) is 24.4 Å². The van der Waals surface area contributed by atoms with Crippen molar-refractivity contribution in [3.05, 3.63) is 39.8 Å². The number of nitrogens with one attached hydrogen (secondary N) is 1. The molecule has 0 spiro atoms. The quantitative estimate of drug-likeness (QED) is 0.725. The highest BCUT2D eigenvalue weighted by molar-refractivity contribution is 7.09. The minimum atomic E-state index is -0.0190. The minimum absolute atomic E-state index is 0.0190. The van der Waals surface area contributed by atoms with Crippen molar-refractivity contribution in [2.75, 3.05) is 20.3 Å². The molecule has 0 amide bonds. The van der Waals surface area contributed by atoms with Crippen LogP contribution in [0.2, 0.25) is 0 Å². The lowest BCUT2D eigenvalue weighted by Crippen LogP contribution is -2.18. The molecule has 0 aliphatic carbocycles. The molecule has 2 aromatic rings. The van der Waals surface area contributed by atoms with Crippen molar-refractivity contribution in [3.8, 4) is 11.5 Å². The van der Waals surface area contributed by atoms with Gasteiger partial charge in [-0.15, -0.1) is 11.3 Å². The molecule has 0 saturated carbocycles. The van der Waals surface area contributed by atoms with Crippen LogP contribution in [-0.4, -0.2) is 30.4 Å². The number of aromatic nitrogens is 1. The van der Waals surface area contributed by atoms with Gasteiger partial charge in [0.1, 0.15) is 6.61 Å². The SMILES string of the molecule is COc1cc(C(C)NCc2csc(C(C)C)n2)ccc1OCCO. The highest BCUT2D eigenvalue weighted by Crippen LogP contribution is 2.30. The van der Waals surface area contributed by atoms with Gasteiger partial charge in [-0.3, -0.25) is 0 Å². The number of ether oxygens (including phenoxy) is 2. The van der Waals surface area contributed by atoms with Crippen LogP contribution in [0.4, 0.5) is 0 Å². The molecule has 132 valence electrons. The summed E-state index contributed by atoms with van der Waals surface area (Å²) in [6.45, 7) is 7.39. The zero-order chi connectivity index (χ0) is 17.5. The second kappa shape index (κ2) is 9.01. The van der Waals surface area contributed by atoms with Crippen LogP contribution in [-0.2, 0) is 6.54 Å². The standard InChI is InChI=1S/C18H26N2O3S/c1-12(2)18-20-15(11-24-18)10-19-13(3)14-5-6-16(23-8-7-21)17(9-14)22-4/h5-6,9,11-13,19,21H,7-8,10H2,1-4H3. The number of nitrogens with zero attached hydrogens (tertiary/aromatic N) is 1. The Morgan fingerprint density at radius 2 is 2.04 bits per heavy atom. The Kier molecular flexibility index (Phi) is 7.02. The highest BCUT2D eigenvalue weighted by atomic mass is 32.1. The van der Waals surface area contributed by atoms with Gasteiger partial charge in [0, 0.05) is 23.9 Å². The van der Waals surface area contributed by atoms with Crippen molar-refractivity contribution >= 4 is 11.3 Å². The summed E-state index contributed by atoms with van der Waals surface area (Å²) in [7, 11) is 1.62.